The van der Waals surface area contributed by atoms with Crippen LogP contribution in [-0.4, -0.2) is 51.7 Å². The number of esters is 1. The van der Waals surface area contributed by atoms with Crippen molar-refractivity contribution in [2.75, 3.05) is 25.5 Å². The number of nitrogens with zero attached hydrogens (tertiary/aromatic N) is 4. The van der Waals surface area contributed by atoms with Crippen LogP contribution in [0.25, 0.3) is 5.69 Å². The van der Waals surface area contributed by atoms with Gasteiger partial charge in [-0.2, -0.15) is 5.10 Å². The molecule has 0 fully saturated rings. The number of carbonyl (C=O) groups excluding carboxylic acids is 2. The van der Waals surface area contributed by atoms with E-state index in [1.165, 1.54) is 11.3 Å². The number of ether oxygens (including phenoxy) is 1. The molecule has 0 saturated heterocycles. The molecule has 152 valence electrons. The van der Waals surface area contributed by atoms with Crippen molar-refractivity contribution in [1.82, 2.24) is 19.7 Å². The number of likely N-dealkylation sites (N-methyl/N-ethyl adjacent to an activating group) is 1. The molecule has 0 bridgehead atoms. The van der Waals surface area contributed by atoms with Gasteiger partial charge in [0.15, 0.2) is 5.13 Å². The van der Waals surface area contributed by atoms with E-state index in [-0.39, 0.29) is 24.8 Å². The second kappa shape index (κ2) is 9.94. The van der Waals surface area contributed by atoms with Gasteiger partial charge in [-0.05, 0) is 26.1 Å². The van der Waals surface area contributed by atoms with Gasteiger partial charge in [0, 0.05) is 23.7 Å². The van der Waals surface area contributed by atoms with Crippen LogP contribution in [0, 0.1) is 0 Å². The smallest absolute Gasteiger partial charge is 0.311 e. The van der Waals surface area contributed by atoms with Crippen molar-refractivity contribution in [2.45, 2.75) is 19.9 Å². The van der Waals surface area contributed by atoms with Gasteiger partial charge in [-0.1, -0.05) is 18.2 Å². The highest BCUT2D eigenvalue weighted by molar-refractivity contribution is 7.13. The Balaban J connectivity index is 1.48. The minimum absolute atomic E-state index is 0.103. The van der Waals surface area contributed by atoms with Gasteiger partial charge in [0.05, 0.1) is 37.2 Å². The van der Waals surface area contributed by atoms with Crippen LogP contribution in [0.4, 0.5) is 5.13 Å². The SMILES string of the molecule is CCOC(=O)Cc1csc(NC(=O)CN(C)Cc2cnn(-c3ccccc3)c2)n1. The van der Waals surface area contributed by atoms with Crippen LogP contribution in [0.3, 0.4) is 0 Å². The highest BCUT2D eigenvalue weighted by atomic mass is 32.1. The maximum absolute atomic E-state index is 12.3. The lowest BCUT2D eigenvalue weighted by atomic mass is 10.3. The van der Waals surface area contributed by atoms with Gasteiger partial charge in [0.25, 0.3) is 0 Å². The Labute approximate surface area is 173 Å². The lowest BCUT2D eigenvalue weighted by molar-refractivity contribution is -0.142. The molecule has 3 rings (SSSR count). The van der Waals surface area contributed by atoms with Crippen molar-refractivity contribution in [1.29, 1.82) is 0 Å². The Hall–Kier alpha value is -3.04. The van der Waals surface area contributed by atoms with Crippen molar-refractivity contribution in [3.8, 4) is 5.69 Å². The first-order chi connectivity index (χ1) is 14.0. The fraction of sp³-hybridized carbons (Fsp3) is 0.300. The van der Waals surface area contributed by atoms with Crippen molar-refractivity contribution >= 4 is 28.3 Å². The average Bonchev–Trinajstić information content (AvgIpc) is 3.32. The van der Waals surface area contributed by atoms with Crippen molar-refractivity contribution < 1.29 is 14.3 Å². The molecule has 29 heavy (non-hydrogen) atoms. The van der Waals surface area contributed by atoms with Crippen molar-refractivity contribution in [2.24, 2.45) is 0 Å². The van der Waals surface area contributed by atoms with Gasteiger partial charge in [0.2, 0.25) is 5.91 Å². The standard InChI is InChI=1S/C20H23N5O3S/c1-3-28-19(27)9-16-14-29-20(22-16)23-18(26)13-24(2)11-15-10-21-25(12-15)17-7-5-4-6-8-17/h4-8,10,12,14H,3,9,11,13H2,1-2H3,(H,22,23,26). The van der Waals surface area contributed by atoms with E-state index in [0.717, 1.165) is 11.3 Å². The van der Waals surface area contributed by atoms with Gasteiger partial charge in [-0.3, -0.25) is 14.5 Å². The molecule has 0 saturated carbocycles. The zero-order valence-corrected chi connectivity index (χ0v) is 17.2. The summed E-state index contributed by atoms with van der Waals surface area (Å²) in [5, 5.41) is 9.35. The van der Waals surface area contributed by atoms with Gasteiger partial charge >= 0.3 is 5.97 Å². The second-order valence-electron chi connectivity index (χ2n) is 6.47. The zero-order valence-electron chi connectivity index (χ0n) is 16.4. The molecule has 1 aromatic carbocycles. The van der Waals surface area contributed by atoms with E-state index in [9.17, 15) is 9.59 Å². The number of carbonyl (C=O) groups is 2. The summed E-state index contributed by atoms with van der Waals surface area (Å²) in [6.45, 7) is 2.90. The highest BCUT2D eigenvalue weighted by Crippen LogP contribution is 2.16. The van der Waals surface area contributed by atoms with E-state index < -0.39 is 0 Å². The number of para-hydroxylation sites is 1. The summed E-state index contributed by atoms with van der Waals surface area (Å²) in [5.74, 6) is -0.494. The molecule has 9 heteroatoms. The monoisotopic (exact) mass is 413 g/mol. The number of aromatic nitrogens is 3. The lowest BCUT2D eigenvalue weighted by Crippen LogP contribution is -2.29. The fourth-order valence-corrected chi connectivity index (χ4v) is 3.47. The Morgan fingerprint density at radius 1 is 1.28 bits per heavy atom. The van der Waals surface area contributed by atoms with Crippen LogP contribution in [0.15, 0.2) is 48.1 Å². The van der Waals surface area contributed by atoms with Crippen LogP contribution in [0.2, 0.25) is 0 Å². The lowest BCUT2D eigenvalue weighted by Gasteiger charge is -2.14. The Morgan fingerprint density at radius 3 is 2.83 bits per heavy atom. The Bertz CT molecular complexity index is 954. The van der Waals surface area contributed by atoms with Gasteiger partial charge in [-0.15, -0.1) is 11.3 Å². The zero-order chi connectivity index (χ0) is 20.6. The average molecular weight is 414 g/mol. The normalized spacial score (nSPS) is 10.9. The molecule has 0 atom stereocenters. The number of nitrogens with one attached hydrogen (secondary N) is 1. The molecule has 2 aromatic heterocycles. The molecule has 0 aliphatic carbocycles. The van der Waals surface area contributed by atoms with E-state index in [2.05, 4.69) is 15.4 Å². The van der Waals surface area contributed by atoms with Crippen LogP contribution in [0.1, 0.15) is 18.2 Å². The molecule has 1 amide bonds. The molecule has 0 radical (unpaired) electrons. The number of hydrogen-bond donors (Lipinski definition) is 1. The first-order valence-corrected chi connectivity index (χ1v) is 10.1. The largest absolute Gasteiger partial charge is 0.466 e. The Kier molecular flexibility index (Phi) is 7.09. The maximum atomic E-state index is 12.3. The first-order valence-electron chi connectivity index (χ1n) is 9.21. The van der Waals surface area contributed by atoms with E-state index in [4.69, 9.17) is 4.74 Å². The second-order valence-corrected chi connectivity index (χ2v) is 7.33. The number of rotatable bonds is 9. The Morgan fingerprint density at radius 2 is 2.07 bits per heavy atom. The van der Waals surface area contributed by atoms with Crippen molar-refractivity contribution in [3.63, 3.8) is 0 Å². The number of amides is 1. The number of thiazole rings is 1. The summed E-state index contributed by atoms with van der Waals surface area (Å²) < 4.78 is 6.71. The topological polar surface area (TPSA) is 89.4 Å². The quantitative estimate of drug-likeness (QED) is 0.542. The summed E-state index contributed by atoms with van der Waals surface area (Å²) >= 11 is 1.29. The number of hydrogen-bond acceptors (Lipinski definition) is 7. The van der Waals surface area contributed by atoms with E-state index in [1.807, 2.05) is 53.2 Å². The number of anilines is 1. The molecular formula is C20H23N5O3S. The predicted molar refractivity (Wildman–Crippen MR) is 111 cm³/mol. The summed E-state index contributed by atoms with van der Waals surface area (Å²) in [6, 6.07) is 9.85. The third kappa shape index (κ3) is 6.23. The fourth-order valence-electron chi connectivity index (χ4n) is 2.74. The summed E-state index contributed by atoms with van der Waals surface area (Å²) in [7, 11) is 1.87. The molecule has 0 aliphatic rings. The molecule has 1 N–H and O–H groups in total. The summed E-state index contributed by atoms with van der Waals surface area (Å²) in [6.07, 6.45) is 3.85. The maximum Gasteiger partial charge on any atom is 0.311 e. The minimum atomic E-state index is -0.327. The third-order valence-corrected chi connectivity index (χ3v) is 4.76. The van der Waals surface area contributed by atoms with Crippen LogP contribution < -0.4 is 5.32 Å². The molecule has 0 spiro atoms. The molecule has 8 nitrogen and oxygen atoms in total. The predicted octanol–water partition coefficient (Wildman–Crippen LogP) is 2.50. The van der Waals surface area contributed by atoms with Crippen LogP contribution in [-0.2, 0) is 27.3 Å². The molecule has 0 aliphatic heterocycles. The highest BCUT2D eigenvalue weighted by Gasteiger charge is 2.13. The van der Waals surface area contributed by atoms with E-state index in [0.29, 0.717) is 24.0 Å². The van der Waals surface area contributed by atoms with Gasteiger partial charge in [-0.25, -0.2) is 9.67 Å². The molecule has 2 heterocycles. The summed E-state index contributed by atoms with van der Waals surface area (Å²) in [4.78, 5) is 29.9. The van der Waals surface area contributed by atoms with Gasteiger partial charge in [0.1, 0.15) is 0 Å². The van der Waals surface area contributed by atoms with Crippen LogP contribution in [0.5, 0.6) is 0 Å². The molecule has 0 unspecified atom stereocenters. The van der Waals surface area contributed by atoms with Crippen molar-refractivity contribution in [3.05, 3.63) is 59.4 Å². The van der Waals surface area contributed by atoms with Crippen LogP contribution >= 0.6 is 11.3 Å². The van der Waals surface area contributed by atoms with E-state index >= 15 is 0 Å². The third-order valence-electron chi connectivity index (χ3n) is 3.95. The first kappa shape index (κ1) is 20.7. The molecular weight excluding hydrogens is 390 g/mol. The summed E-state index contributed by atoms with van der Waals surface area (Å²) in [5.41, 5.74) is 2.59. The van der Waals surface area contributed by atoms with Gasteiger partial charge < -0.3 is 10.1 Å². The number of benzene rings is 1. The molecule has 3 aromatic rings. The van der Waals surface area contributed by atoms with E-state index in [1.54, 1.807) is 18.5 Å². The minimum Gasteiger partial charge on any atom is -0.466 e.